The lowest BCUT2D eigenvalue weighted by Gasteiger charge is -2.42. The van der Waals surface area contributed by atoms with Gasteiger partial charge in [0.25, 0.3) is 0 Å². The molecule has 3 atom stereocenters. The Labute approximate surface area is 128 Å². The molecule has 0 radical (unpaired) electrons. The van der Waals surface area contributed by atoms with E-state index in [-0.39, 0.29) is 0 Å². The van der Waals surface area contributed by atoms with Crippen molar-refractivity contribution in [2.75, 3.05) is 13.1 Å². The van der Waals surface area contributed by atoms with Crippen molar-refractivity contribution in [3.8, 4) is 6.07 Å². The highest BCUT2D eigenvalue weighted by molar-refractivity contribution is 5.32. The molecule has 2 N–H and O–H groups in total. The first-order chi connectivity index (χ1) is 10.2. The van der Waals surface area contributed by atoms with Crippen molar-refractivity contribution < 1.29 is 0 Å². The number of hydrogen-bond donors (Lipinski definition) is 1. The second kappa shape index (κ2) is 7.59. The molecule has 3 nitrogen and oxygen atoms in total. The highest BCUT2D eigenvalue weighted by atomic mass is 15.2. The Kier molecular flexibility index (Phi) is 5.78. The number of nitrogens with two attached hydrogens (primary N) is 1. The second-order valence-corrected chi connectivity index (χ2v) is 6.09. The van der Waals surface area contributed by atoms with Crippen LogP contribution in [0.3, 0.4) is 0 Å². The van der Waals surface area contributed by atoms with Crippen molar-refractivity contribution in [3.05, 3.63) is 35.4 Å². The van der Waals surface area contributed by atoms with Gasteiger partial charge in [0, 0.05) is 12.1 Å². The van der Waals surface area contributed by atoms with E-state index >= 15 is 0 Å². The predicted molar refractivity (Wildman–Crippen MR) is 86.8 cm³/mol. The van der Waals surface area contributed by atoms with Crippen LogP contribution in [0.25, 0.3) is 0 Å². The van der Waals surface area contributed by atoms with Gasteiger partial charge in [0.2, 0.25) is 0 Å². The van der Waals surface area contributed by atoms with Gasteiger partial charge < -0.3 is 5.73 Å². The molecule has 0 saturated heterocycles. The van der Waals surface area contributed by atoms with Crippen LogP contribution in [-0.2, 0) is 0 Å². The zero-order chi connectivity index (χ0) is 15.2. The summed E-state index contributed by atoms with van der Waals surface area (Å²) >= 11 is 0. The monoisotopic (exact) mass is 285 g/mol. The molecule has 3 unspecified atom stereocenters. The average molecular weight is 285 g/mol. The van der Waals surface area contributed by atoms with Gasteiger partial charge in [-0.1, -0.05) is 31.9 Å². The second-order valence-electron chi connectivity index (χ2n) is 6.09. The number of nitriles is 1. The first-order valence-corrected chi connectivity index (χ1v) is 8.17. The highest BCUT2D eigenvalue weighted by Crippen LogP contribution is 2.33. The van der Waals surface area contributed by atoms with Crippen molar-refractivity contribution >= 4 is 0 Å². The number of nitrogens with zero attached hydrogens (tertiary/aromatic N) is 2. The van der Waals surface area contributed by atoms with Gasteiger partial charge in [-0.2, -0.15) is 5.26 Å². The molecule has 1 aliphatic rings. The van der Waals surface area contributed by atoms with Crippen molar-refractivity contribution in [1.82, 2.24) is 4.90 Å². The third-order valence-electron chi connectivity index (χ3n) is 4.98. The fourth-order valence-corrected chi connectivity index (χ4v) is 3.72. The lowest BCUT2D eigenvalue weighted by Crippen LogP contribution is -2.46. The molecule has 21 heavy (non-hydrogen) atoms. The van der Waals surface area contributed by atoms with Crippen LogP contribution in [-0.4, -0.2) is 24.0 Å². The molecule has 114 valence electrons. The molecule has 0 bridgehead atoms. The SMILES string of the molecule is CCN(C(C)c1ccc(C#N)cc1)C1CCCCC1CN. The van der Waals surface area contributed by atoms with Crippen LogP contribution in [0.4, 0.5) is 0 Å². The van der Waals surface area contributed by atoms with E-state index < -0.39 is 0 Å². The van der Waals surface area contributed by atoms with E-state index in [9.17, 15) is 0 Å². The smallest absolute Gasteiger partial charge is 0.0991 e. The van der Waals surface area contributed by atoms with Crippen LogP contribution >= 0.6 is 0 Å². The van der Waals surface area contributed by atoms with Crippen molar-refractivity contribution in [3.63, 3.8) is 0 Å². The maximum Gasteiger partial charge on any atom is 0.0991 e. The number of benzene rings is 1. The zero-order valence-corrected chi connectivity index (χ0v) is 13.3. The molecule has 1 fully saturated rings. The predicted octanol–water partition coefficient (Wildman–Crippen LogP) is 3.46. The van der Waals surface area contributed by atoms with Gasteiger partial charge in [0.15, 0.2) is 0 Å². The summed E-state index contributed by atoms with van der Waals surface area (Å²) in [6, 6.07) is 11.2. The summed E-state index contributed by atoms with van der Waals surface area (Å²) < 4.78 is 0. The van der Waals surface area contributed by atoms with Crippen LogP contribution in [0.2, 0.25) is 0 Å². The Bertz CT molecular complexity index is 474. The third kappa shape index (κ3) is 3.64. The fraction of sp³-hybridized carbons (Fsp3) is 0.611. The van der Waals surface area contributed by atoms with E-state index in [0.29, 0.717) is 18.0 Å². The van der Waals surface area contributed by atoms with E-state index in [0.717, 1.165) is 18.7 Å². The Morgan fingerprint density at radius 2 is 1.95 bits per heavy atom. The van der Waals surface area contributed by atoms with E-state index in [1.165, 1.54) is 31.2 Å². The average Bonchev–Trinajstić information content (AvgIpc) is 2.56. The zero-order valence-electron chi connectivity index (χ0n) is 13.3. The van der Waals surface area contributed by atoms with Gasteiger partial charge in [-0.25, -0.2) is 0 Å². The summed E-state index contributed by atoms with van der Waals surface area (Å²) in [6.45, 7) is 6.35. The summed E-state index contributed by atoms with van der Waals surface area (Å²) in [6.07, 6.45) is 5.16. The van der Waals surface area contributed by atoms with Crippen LogP contribution in [0, 0.1) is 17.2 Å². The lowest BCUT2D eigenvalue weighted by molar-refractivity contribution is 0.0769. The molecular formula is C18H27N3. The summed E-state index contributed by atoms with van der Waals surface area (Å²) in [5.41, 5.74) is 8.02. The summed E-state index contributed by atoms with van der Waals surface area (Å²) in [7, 11) is 0. The Hall–Kier alpha value is -1.37. The van der Waals surface area contributed by atoms with Crippen molar-refractivity contribution in [1.29, 1.82) is 5.26 Å². The summed E-state index contributed by atoms with van der Waals surface area (Å²) in [5.74, 6) is 0.625. The van der Waals surface area contributed by atoms with Gasteiger partial charge in [0.05, 0.1) is 11.6 Å². The van der Waals surface area contributed by atoms with E-state index in [4.69, 9.17) is 11.0 Å². The number of hydrogen-bond acceptors (Lipinski definition) is 3. The first-order valence-electron chi connectivity index (χ1n) is 8.17. The van der Waals surface area contributed by atoms with Gasteiger partial charge in [-0.3, -0.25) is 4.90 Å². The minimum atomic E-state index is 0.375. The molecule has 3 heteroatoms. The minimum Gasteiger partial charge on any atom is -0.330 e. The molecule has 0 amide bonds. The quantitative estimate of drug-likeness (QED) is 0.901. The lowest BCUT2D eigenvalue weighted by atomic mass is 9.82. The molecule has 0 aliphatic heterocycles. The van der Waals surface area contributed by atoms with Gasteiger partial charge >= 0.3 is 0 Å². The molecule has 1 saturated carbocycles. The van der Waals surface area contributed by atoms with Gasteiger partial charge in [0.1, 0.15) is 0 Å². The van der Waals surface area contributed by atoms with Crippen LogP contribution in [0.15, 0.2) is 24.3 Å². The summed E-state index contributed by atoms with van der Waals surface area (Å²) in [5, 5.41) is 8.92. The maximum absolute atomic E-state index is 8.92. The van der Waals surface area contributed by atoms with Crippen LogP contribution in [0.5, 0.6) is 0 Å². The molecule has 0 heterocycles. The minimum absolute atomic E-state index is 0.375. The van der Waals surface area contributed by atoms with Crippen LogP contribution in [0.1, 0.15) is 56.7 Å². The normalized spacial score (nSPS) is 23.8. The topological polar surface area (TPSA) is 53.0 Å². The highest BCUT2D eigenvalue weighted by Gasteiger charge is 2.31. The van der Waals surface area contributed by atoms with Crippen molar-refractivity contribution in [2.45, 2.75) is 51.6 Å². The van der Waals surface area contributed by atoms with Gasteiger partial charge in [-0.05, 0) is 56.5 Å². The molecular weight excluding hydrogens is 258 g/mol. The Morgan fingerprint density at radius 1 is 1.29 bits per heavy atom. The largest absolute Gasteiger partial charge is 0.330 e. The Balaban J connectivity index is 2.16. The number of rotatable bonds is 5. The standard InChI is InChI=1S/C18H27N3/c1-3-21(18-7-5-4-6-17(18)13-20)14(2)16-10-8-15(12-19)9-11-16/h8-11,14,17-18H,3-7,13,20H2,1-2H3. The maximum atomic E-state index is 8.92. The molecule has 0 spiro atoms. The molecule has 1 aromatic carbocycles. The van der Waals surface area contributed by atoms with E-state index in [2.05, 4.69) is 36.9 Å². The molecule has 0 aromatic heterocycles. The van der Waals surface area contributed by atoms with Gasteiger partial charge in [-0.15, -0.1) is 0 Å². The fourth-order valence-electron chi connectivity index (χ4n) is 3.72. The van der Waals surface area contributed by atoms with Crippen molar-refractivity contribution in [2.24, 2.45) is 11.7 Å². The van der Waals surface area contributed by atoms with Crippen LogP contribution < -0.4 is 5.73 Å². The molecule has 2 rings (SSSR count). The first kappa shape index (κ1) is 16.0. The molecule has 1 aromatic rings. The molecule has 1 aliphatic carbocycles. The summed E-state index contributed by atoms with van der Waals surface area (Å²) in [4.78, 5) is 2.60. The van der Waals surface area contributed by atoms with E-state index in [1.807, 2.05) is 12.1 Å². The Morgan fingerprint density at radius 3 is 2.52 bits per heavy atom. The third-order valence-corrected chi connectivity index (χ3v) is 4.98. The van der Waals surface area contributed by atoms with E-state index in [1.54, 1.807) is 0 Å².